The first-order valence-corrected chi connectivity index (χ1v) is 11.8. The highest BCUT2D eigenvalue weighted by atomic mass is 32.2. The maximum Gasteiger partial charge on any atom is 0.269 e. The van der Waals surface area contributed by atoms with E-state index in [2.05, 4.69) is 5.32 Å². The van der Waals surface area contributed by atoms with Gasteiger partial charge in [-0.1, -0.05) is 35.9 Å². The third-order valence-electron chi connectivity index (χ3n) is 6.11. The van der Waals surface area contributed by atoms with E-state index in [1.54, 1.807) is 24.3 Å². The Balaban J connectivity index is 1.50. The van der Waals surface area contributed by atoms with Crippen LogP contribution < -0.4 is 15.1 Å². The minimum atomic E-state index is -1.34. The van der Waals surface area contributed by atoms with Gasteiger partial charge in [0.05, 0.1) is 11.4 Å². The van der Waals surface area contributed by atoms with Crippen LogP contribution in [0.2, 0.25) is 0 Å². The summed E-state index contributed by atoms with van der Waals surface area (Å²) in [5, 5.41) is 2.89. The summed E-state index contributed by atoms with van der Waals surface area (Å²) in [4.78, 5) is 41.4. The van der Waals surface area contributed by atoms with E-state index in [9.17, 15) is 18.8 Å². The third kappa shape index (κ3) is 3.45. The fourth-order valence-corrected chi connectivity index (χ4v) is 5.95. The molecule has 2 aliphatic rings. The highest BCUT2D eigenvalue weighted by Gasteiger charge is 2.61. The molecule has 172 valence electrons. The lowest BCUT2D eigenvalue weighted by atomic mass is 10.0. The molecule has 0 aliphatic carbocycles. The predicted molar refractivity (Wildman–Crippen MR) is 131 cm³/mol. The number of nitrogens with one attached hydrogen (secondary N) is 1. The van der Waals surface area contributed by atoms with Crippen molar-refractivity contribution in [2.24, 2.45) is 0 Å². The van der Waals surface area contributed by atoms with Crippen LogP contribution in [0.3, 0.4) is 0 Å². The van der Waals surface area contributed by atoms with Crippen LogP contribution in [0.1, 0.15) is 16.7 Å². The van der Waals surface area contributed by atoms with Gasteiger partial charge in [-0.2, -0.15) is 0 Å². The largest absolute Gasteiger partial charge is 0.324 e. The number of para-hydroxylation sites is 1. The van der Waals surface area contributed by atoms with E-state index in [0.717, 1.165) is 11.1 Å². The normalized spacial score (nSPS) is 19.1. The molecule has 8 heteroatoms. The molecule has 5 rings (SSSR count). The van der Waals surface area contributed by atoms with E-state index in [4.69, 9.17) is 0 Å². The summed E-state index contributed by atoms with van der Waals surface area (Å²) in [6, 6.07) is 18.4. The Morgan fingerprint density at radius 3 is 2.53 bits per heavy atom. The van der Waals surface area contributed by atoms with Gasteiger partial charge < -0.3 is 5.32 Å². The zero-order valence-corrected chi connectivity index (χ0v) is 19.5. The fraction of sp³-hybridized carbons (Fsp3) is 0.192. The molecule has 0 unspecified atom stereocenters. The van der Waals surface area contributed by atoms with E-state index in [-0.39, 0.29) is 30.0 Å². The molecule has 1 fully saturated rings. The highest BCUT2D eigenvalue weighted by Crippen LogP contribution is 2.55. The summed E-state index contributed by atoms with van der Waals surface area (Å²) < 4.78 is 13.6. The zero-order valence-electron chi connectivity index (χ0n) is 18.7. The van der Waals surface area contributed by atoms with Gasteiger partial charge in [-0.15, -0.1) is 11.8 Å². The quantitative estimate of drug-likeness (QED) is 0.609. The Labute approximate surface area is 200 Å². The van der Waals surface area contributed by atoms with E-state index >= 15 is 0 Å². The second kappa shape index (κ2) is 8.29. The van der Waals surface area contributed by atoms with Gasteiger partial charge in [0.2, 0.25) is 16.7 Å². The molecule has 0 aromatic heterocycles. The van der Waals surface area contributed by atoms with Gasteiger partial charge in [-0.05, 0) is 55.8 Å². The molecule has 1 atom stereocenters. The molecule has 3 amide bonds. The lowest BCUT2D eigenvalue weighted by Crippen LogP contribution is -2.50. The number of carbonyl (C=O) groups excluding carboxylic acids is 3. The van der Waals surface area contributed by atoms with Crippen LogP contribution in [0.4, 0.5) is 21.5 Å². The van der Waals surface area contributed by atoms with Crippen LogP contribution in [0.25, 0.3) is 0 Å². The standard InChI is InChI=1S/C26H22FN3O3S/c1-16-7-12-21(17(2)13-16)28-23(31)14-29-22-6-4-3-5-20(22)26(25(29)33)30(24(32)15-34-26)19-10-8-18(27)9-11-19/h3-13H,14-15H2,1-2H3,(H,28,31)/t26-/m0/s1. The maximum atomic E-state index is 13.9. The van der Waals surface area contributed by atoms with Crippen LogP contribution in [-0.2, 0) is 19.3 Å². The Bertz CT molecular complexity index is 1330. The number of fused-ring (bicyclic) bond motifs is 2. The second-order valence-corrected chi connectivity index (χ2v) is 9.58. The first-order valence-electron chi connectivity index (χ1n) is 10.8. The second-order valence-electron chi connectivity index (χ2n) is 8.41. The lowest BCUT2D eigenvalue weighted by Gasteiger charge is -2.33. The number of hydrogen-bond acceptors (Lipinski definition) is 4. The predicted octanol–water partition coefficient (Wildman–Crippen LogP) is 4.36. The molecule has 3 aromatic rings. The van der Waals surface area contributed by atoms with Crippen molar-refractivity contribution in [1.82, 2.24) is 0 Å². The Morgan fingerprint density at radius 1 is 1.06 bits per heavy atom. The van der Waals surface area contributed by atoms with Gasteiger partial charge in [-0.25, -0.2) is 4.39 Å². The third-order valence-corrected chi connectivity index (χ3v) is 7.49. The molecular formula is C26H22FN3O3S. The van der Waals surface area contributed by atoms with Crippen molar-refractivity contribution in [2.75, 3.05) is 27.4 Å². The van der Waals surface area contributed by atoms with E-state index in [1.807, 2.05) is 32.0 Å². The summed E-state index contributed by atoms with van der Waals surface area (Å²) in [5.74, 6) is -1.29. The summed E-state index contributed by atoms with van der Waals surface area (Å²) in [7, 11) is 0. The minimum Gasteiger partial charge on any atom is -0.324 e. The van der Waals surface area contributed by atoms with Crippen molar-refractivity contribution in [1.29, 1.82) is 0 Å². The number of hydrogen-bond donors (Lipinski definition) is 1. The number of amides is 3. The van der Waals surface area contributed by atoms with Crippen molar-refractivity contribution in [3.05, 3.63) is 89.2 Å². The van der Waals surface area contributed by atoms with Gasteiger partial charge in [0.1, 0.15) is 12.4 Å². The van der Waals surface area contributed by atoms with E-state index in [1.165, 1.54) is 45.8 Å². The topological polar surface area (TPSA) is 69.7 Å². The molecule has 6 nitrogen and oxygen atoms in total. The molecule has 0 bridgehead atoms. The first kappa shape index (κ1) is 22.2. The molecule has 2 heterocycles. The first-order chi connectivity index (χ1) is 16.3. The number of anilines is 3. The van der Waals surface area contributed by atoms with Crippen molar-refractivity contribution < 1.29 is 18.8 Å². The number of benzene rings is 3. The van der Waals surface area contributed by atoms with Crippen LogP contribution >= 0.6 is 11.8 Å². The number of thioether (sulfide) groups is 1. The van der Waals surface area contributed by atoms with Gasteiger partial charge in [-0.3, -0.25) is 24.2 Å². The van der Waals surface area contributed by atoms with Crippen molar-refractivity contribution in [2.45, 2.75) is 18.7 Å². The monoisotopic (exact) mass is 475 g/mol. The lowest BCUT2D eigenvalue weighted by molar-refractivity contribution is -0.124. The van der Waals surface area contributed by atoms with Crippen LogP contribution in [-0.4, -0.2) is 30.0 Å². The molecule has 0 saturated carbocycles. The van der Waals surface area contributed by atoms with Gasteiger partial charge in [0, 0.05) is 16.9 Å². The average molecular weight is 476 g/mol. The number of rotatable bonds is 4. The number of carbonyl (C=O) groups is 3. The van der Waals surface area contributed by atoms with Crippen LogP contribution in [0.5, 0.6) is 0 Å². The van der Waals surface area contributed by atoms with Crippen LogP contribution in [0.15, 0.2) is 66.7 Å². The fourth-order valence-electron chi connectivity index (χ4n) is 4.59. The SMILES string of the molecule is Cc1ccc(NC(=O)CN2C(=O)[C@@]3(SCC(=O)N3c3ccc(F)cc3)c3ccccc32)c(C)c1. The molecule has 1 N–H and O–H groups in total. The number of halogens is 1. The zero-order chi connectivity index (χ0) is 24.0. The maximum absolute atomic E-state index is 13.9. The van der Waals surface area contributed by atoms with Gasteiger partial charge in [0.15, 0.2) is 0 Å². The molecule has 1 saturated heterocycles. The Hall–Kier alpha value is -3.65. The van der Waals surface area contributed by atoms with Crippen molar-refractivity contribution in [3.63, 3.8) is 0 Å². The van der Waals surface area contributed by atoms with Gasteiger partial charge in [0.25, 0.3) is 5.91 Å². The Kier molecular flexibility index (Phi) is 5.40. The summed E-state index contributed by atoms with van der Waals surface area (Å²) in [6.45, 7) is 3.69. The van der Waals surface area contributed by atoms with E-state index < -0.39 is 10.7 Å². The van der Waals surface area contributed by atoms with Gasteiger partial charge >= 0.3 is 0 Å². The molecule has 3 aromatic carbocycles. The van der Waals surface area contributed by atoms with E-state index in [0.29, 0.717) is 22.6 Å². The molecule has 0 radical (unpaired) electrons. The number of nitrogens with zero attached hydrogens (tertiary/aromatic N) is 2. The summed E-state index contributed by atoms with van der Waals surface area (Å²) in [5.41, 5.74) is 4.35. The Morgan fingerprint density at radius 2 is 1.79 bits per heavy atom. The average Bonchev–Trinajstić information content (AvgIpc) is 3.27. The molecule has 2 aliphatic heterocycles. The van der Waals surface area contributed by atoms with Crippen molar-refractivity contribution in [3.8, 4) is 0 Å². The number of aryl methyl sites for hydroxylation is 2. The summed E-state index contributed by atoms with van der Waals surface area (Å²) in [6.07, 6.45) is 0. The summed E-state index contributed by atoms with van der Waals surface area (Å²) >= 11 is 1.22. The minimum absolute atomic E-state index is 0.0973. The molecular weight excluding hydrogens is 453 g/mol. The highest BCUT2D eigenvalue weighted by molar-refractivity contribution is 8.02. The molecule has 1 spiro atoms. The van der Waals surface area contributed by atoms with Crippen LogP contribution in [0, 0.1) is 19.7 Å². The van der Waals surface area contributed by atoms with Crippen molar-refractivity contribution >= 4 is 46.5 Å². The smallest absolute Gasteiger partial charge is 0.269 e. The molecule has 34 heavy (non-hydrogen) atoms.